The maximum atomic E-state index is 12.4. The number of piperidine rings is 1. The summed E-state index contributed by atoms with van der Waals surface area (Å²) in [7, 11) is 0. The third-order valence-corrected chi connectivity index (χ3v) is 5.52. The summed E-state index contributed by atoms with van der Waals surface area (Å²) >= 11 is 0. The molecule has 24 heavy (non-hydrogen) atoms. The fraction of sp³-hybridized carbons (Fsp3) is 0.474. The van der Waals surface area contributed by atoms with Crippen LogP contribution in [0.15, 0.2) is 43.0 Å². The first-order chi connectivity index (χ1) is 11.8. The molecule has 1 saturated heterocycles. The SMILES string of the molecule is O=C(NCc1ccc(Cn2ccnc2)cc1)C1CC12CCNCC2. The van der Waals surface area contributed by atoms with Crippen LogP contribution in [0.25, 0.3) is 0 Å². The van der Waals surface area contributed by atoms with Gasteiger partial charge in [0.25, 0.3) is 0 Å². The number of nitrogens with zero attached hydrogens (tertiary/aromatic N) is 2. The van der Waals surface area contributed by atoms with E-state index in [2.05, 4.69) is 39.9 Å². The van der Waals surface area contributed by atoms with Crippen LogP contribution in [0.1, 0.15) is 30.4 Å². The molecule has 1 atom stereocenters. The van der Waals surface area contributed by atoms with E-state index in [0.29, 0.717) is 12.0 Å². The number of hydrogen-bond donors (Lipinski definition) is 2. The summed E-state index contributed by atoms with van der Waals surface area (Å²) in [5.41, 5.74) is 2.70. The fourth-order valence-electron chi connectivity index (χ4n) is 3.86. The van der Waals surface area contributed by atoms with Gasteiger partial charge in [0.15, 0.2) is 0 Å². The summed E-state index contributed by atoms with van der Waals surface area (Å²) in [6, 6.07) is 8.43. The Morgan fingerprint density at radius 2 is 2.00 bits per heavy atom. The van der Waals surface area contributed by atoms with E-state index in [4.69, 9.17) is 0 Å². The van der Waals surface area contributed by atoms with Crippen LogP contribution in [0.5, 0.6) is 0 Å². The van der Waals surface area contributed by atoms with Gasteiger partial charge < -0.3 is 15.2 Å². The normalized spacial score (nSPS) is 21.6. The van der Waals surface area contributed by atoms with Crippen LogP contribution in [-0.4, -0.2) is 28.5 Å². The quantitative estimate of drug-likeness (QED) is 0.884. The van der Waals surface area contributed by atoms with Crippen molar-refractivity contribution in [2.75, 3.05) is 13.1 Å². The van der Waals surface area contributed by atoms with Crippen molar-refractivity contribution >= 4 is 5.91 Å². The second-order valence-corrected chi connectivity index (χ2v) is 7.14. The van der Waals surface area contributed by atoms with E-state index < -0.39 is 0 Å². The van der Waals surface area contributed by atoms with Crippen LogP contribution in [0.4, 0.5) is 0 Å². The summed E-state index contributed by atoms with van der Waals surface area (Å²) in [4.78, 5) is 16.4. The lowest BCUT2D eigenvalue weighted by atomic mass is 9.92. The maximum absolute atomic E-state index is 12.4. The molecule has 5 nitrogen and oxygen atoms in total. The topological polar surface area (TPSA) is 59.0 Å². The van der Waals surface area contributed by atoms with Gasteiger partial charge in [0, 0.05) is 31.4 Å². The zero-order chi connectivity index (χ0) is 16.4. The van der Waals surface area contributed by atoms with Gasteiger partial charge in [-0.3, -0.25) is 4.79 Å². The molecule has 1 aliphatic carbocycles. The molecule has 1 saturated carbocycles. The van der Waals surface area contributed by atoms with Gasteiger partial charge in [-0.15, -0.1) is 0 Å². The highest BCUT2D eigenvalue weighted by Gasteiger charge is 2.57. The average molecular weight is 324 g/mol. The van der Waals surface area contributed by atoms with Gasteiger partial charge >= 0.3 is 0 Å². The van der Waals surface area contributed by atoms with Crippen LogP contribution < -0.4 is 10.6 Å². The summed E-state index contributed by atoms with van der Waals surface area (Å²) in [5.74, 6) is 0.472. The smallest absolute Gasteiger partial charge is 0.223 e. The molecular formula is C19H24N4O. The lowest BCUT2D eigenvalue weighted by Gasteiger charge is -2.23. The van der Waals surface area contributed by atoms with Crippen molar-refractivity contribution in [3.63, 3.8) is 0 Å². The van der Waals surface area contributed by atoms with E-state index in [1.165, 1.54) is 5.56 Å². The van der Waals surface area contributed by atoms with Crippen LogP contribution in [0, 0.1) is 11.3 Å². The molecule has 4 rings (SSSR count). The average Bonchev–Trinajstić information content (AvgIpc) is 3.05. The molecule has 1 amide bonds. The first-order valence-corrected chi connectivity index (χ1v) is 8.77. The van der Waals surface area contributed by atoms with E-state index in [9.17, 15) is 4.79 Å². The van der Waals surface area contributed by atoms with E-state index in [1.54, 1.807) is 6.20 Å². The second kappa shape index (κ2) is 6.40. The standard InChI is InChI=1S/C19H24N4O/c24-18(17-11-19(17)5-7-20-8-6-19)22-12-15-1-3-16(4-2-15)13-23-10-9-21-14-23/h1-4,9-10,14,17,20H,5-8,11-13H2,(H,22,24). The fourth-order valence-corrected chi connectivity index (χ4v) is 3.86. The minimum absolute atomic E-state index is 0.236. The van der Waals surface area contributed by atoms with Crippen LogP contribution in [-0.2, 0) is 17.9 Å². The monoisotopic (exact) mass is 324 g/mol. The van der Waals surface area contributed by atoms with Gasteiger partial charge in [0.2, 0.25) is 5.91 Å². The highest BCUT2D eigenvalue weighted by atomic mass is 16.2. The molecule has 2 aliphatic rings. The summed E-state index contributed by atoms with van der Waals surface area (Å²) < 4.78 is 2.04. The Labute approximate surface area is 142 Å². The Morgan fingerprint density at radius 3 is 2.71 bits per heavy atom. The summed E-state index contributed by atoms with van der Waals surface area (Å²) in [5, 5.41) is 6.50. The van der Waals surface area contributed by atoms with Crippen molar-refractivity contribution in [1.29, 1.82) is 0 Å². The summed E-state index contributed by atoms with van der Waals surface area (Å²) in [6.07, 6.45) is 8.93. The predicted octanol–water partition coefficient (Wildman–Crippen LogP) is 1.94. The lowest BCUT2D eigenvalue weighted by Crippen LogP contribution is -2.33. The number of nitrogens with one attached hydrogen (secondary N) is 2. The van der Waals surface area contributed by atoms with Gasteiger partial charge in [-0.05, 0) is 48.9 Å². The molecule has 2 aromatic rings. The van der Waals surface area contributed by atoms with E-state index in [0.717, 1.165) is 44.5 Å². The molecule has 1 aromatic heterocycles. The Morgan fingerprint density at radius 1 is 1.25 bits per heavy atom. The molecule has 0 bridgehead atoms. The highest BCUT2D eigenvalue weighted by Crippen LogP contribution is 2.58. The van der Waals surface area contributed by atoms with Crippen molar-refractivity contribution in [2.45, 2.75) is 32.4 Å². The van der Waals surface area contributed by atoms with Crippen LogP contribution in [0.2, 0.25) is 0 Å². The van der Waals surface area contributed by atoms with Crippen molar-refractivity contribution in [2.24, 2.45) is 11.3 Å². The number of benzene rings is 1. The van der Waals surface area contributed by atoms with Gasteiger partial charge in [-0.2, -0.15) is 0 Å². The Hall–Kier alpha value is -2.14. The van der Waals surface area contributed by atoms with Crippen molar-refractivity contribution in [1.82, 2.24) is 20.2 Å². The molecule has 1 aliphatic heterocycles. The molecule has 126 valence electrons. The first-order valence-electron chi connectivity index (χ1n) is 8.77. The van der Waals surface area contributed by atoms with Crippen molar-refractivity contribution in [3.8, 4) is 0 Å². The molecule has 0 radical (unpaired) electrons. The maximum Gasteiger partial charge on any atom is 0.223 e. The molecule has 1 aromatic carbocycles. The van der Waals surface area contributed by atoms with Gasteiger partial charge in [0.05, 0.1) is 6.33 Å². The van der Waals surface area contributed by atoms with Crippen LogP contribution in [0.3, 0.4) is 0 Å². The third-order valence-electron chi connectivity index (χ3n) is 5.52. The highest BCUT2D eigenvalue weighted by molar-refractivity contribution is 5.82. The first kappa shape index (κ1) is 15.4. The molecule has 1 spiro atoms. The number of carbonyl (C=O) groups excluding carboxylic acids is 1. The number of rotatable bonds is 5. The zero-order valence-corrected chi connectivity index (χ0v) is 13.9. The molecule has 2 fully saturated rings. The van der Waals surface area contributed by atoms with Gasteiger partial charge in [-0.25, -0.2) is 4.98 Å². The summed E-state index contributed by atoms with van der Waals surface area (Å²) in [6.45, 7) is 3.56. The number of hydrogen-bond acceptors (Lipinski definition) is 3. The Bertz CT molecular complexity index is 687. The number of carbonyl (C=O) groups is 1. The molecule has 1 unspecified atom stereocenters. The number of imidazole rings is 1. The van der Waals surface area contributed by atoms with Crippen molar-refractivity contribution < 1.29 is 4.79 Å². The Kier molecular flexibility index (Phi) is 4.10. The van der Waals surface area contributed by atoms with Crippen LogP contribution >= 0.6 is 0 Å². The second-order valence-electron chi connectivity index (χ2n) is 7.14. The van der Waals surface area contributed by atoms with E-state index >= 15 is 0 Å². The van der Waals surface area contributed by atoms with Crippen molar-refractivity contribution in [3.05, 3.63) is 54.1 Å². The van der Waals surface area contributed by atoms with Gasteiger partial charge in [-0.1, -0.05) is 24.3 Å². The van der Waals surface area contributed by atoms with E-state index in [1.807, 2.05) is 17.1 Å². The minimum atomic E-state index is 0.236. The molecule has 5 heteroatoms. The molecule has 2 heterocycles. The lowest BCUT2D eigenvalue weighted by molar-refractivity contribution is -0.123. The van der Waals surface area contributed by atoms with Gasteiger partial charge in [0.1, 0.15) is 0 Å². The molecule has 2 N–H and O–H groups in total. The molecular weight excluding hydrogens is 300 g/mol. The van der Waals surface area contributed by atoms with E-state index in [-0.39, 0.29) is 11.8 Å². The number of amides is 1. The minimum Gasteiger partial charge on any atom is -0.352 e. The zero-order valence-electron chi connectivity index (χ0n) is 13.9. The Balaban J connectivity index is 1.28. The largest absolute Gasteiger partial charge is 0.352 e. The number of aromatic nitrogens is 2. The third kappa shape index (κ3) is 3.22. The predicted molar refractivity (Wildman–Crippen MR) is 92.3 cm³/mol.